The number of nitro groups is 1. The number of nitriles is 1. The van der Waals surface area contributed by atoms with Gasteiger partial charge in [-0.15, -0.1) is 10.2 Å². The molecule has 10 heteroatoms. The molecule has 1 N–H and O–H groups in total. The summed E-state index contributed by atoms with van der Waals surface area (Å²) in [7, 11) is 1.30. The second-order valence-corrected chi connectivity index (χ2v) is 5.70. The quantitative estimate of drug-likeness (QED) is 0.363. The van der Waals surface area contributed by atoms with Crippen LogP contribution < -0.4 is 10.1 Å². The zero-order valence-corrected chi connectivity index (χ0v) is 14.2. The molecule has 0 atom stereocenters. The fourth-order valence-electron chi connectivity index (χ4n) is 1.93. The first kappa shape index (κ1) is 18.0. The molecule has 1 heterocycles. The summed E-state index contributed by atoms with van der Waals surface area (Å²) in [5.74, 6) is -0.688. The Hall–Kier alpha value is -3.32. The molecule has 9 nitrogen and oxygen atoms in total. The molecule has 0 fully saturated rings. The molecule has 0 saturated carbocycles. The zero-order valence-electron chi connectivity index (χ0n) is 13.3. The van der Waals surface area contributed by atoms with E-state index in [9.17, 15) is 20.2 Å². The molecule has 2 aromatic rings. The van der Waals surface area contributed by atoms with Crippen molar-refractivity contribution in [3.63, 3.8) is 0 Å². The standard InChI is InChI=1S/C15H13N5O4S/c1-3-12-18-19-15(25-12)17-14(21)10(8-16)7-9-5-4-6-11(24-2)13(9)20(22)23/h4-7H,3H2,1-2H3,(H,17,19,21)/b10-7+. The highest BCUT2D eigenvalue weighted by molar-refractivity contribution is 7.15. The summed E-state index contributed by atoms with van der Waals surface area (Å²) in [6, 6.07) is 6.12. The molecule has 0 aliphatic carbocycles. The number of anilines is 1. The molecule has 128 valence electrons. The van der Waals surface area contributed by atoms with Crippen molar-refractivity contribution in [1.82, 2.24) is 10.2 Å². The maximum absolute atomic E-state index is 12.2. The highest BCUT2D eigenvalue weighted by atomic mass is 32.1. The molecule has 0 bridgehead atoms. The summed E-state index contributed by atoms with van der Waals surface area (Å²) in [4.78, 5) is 22.9. The minimum absolute atomic E-state index is 0.0353. The van der Waals surface area contributed by atoms with Gasteiger partial charge in [-0.05, 0) is 24.6 Å². The van der Waals surface area contributed by atoms with E-state index in [1.165, 1.54) is 36.6 Å². The molecule has 0 aliphatic heterocycles. The Labute approximate surface area is 146 Å². The largest absolute Gasteiger partial charge is 0.490 e. The predicted molar refractivity (Wildman–Crippen MR) is 91.2 cm³/mol. The van der Waals surface area contributed by atoms with E-state index < -0.39 is 10.8 Å². The fraction of sp³-hybridized carbons (Fsp3) is 0.200. The Morgan fingerprint density at radius 3 is 2.84 bits per heavy atom. The third-order valence-electron chi connectivity index (χ3n) is 3.09. The van der Waals surface area contributed by atoms with E-state index in [-0.39, 0.29) is 27.7 Å². The number of nitrogens with one attached hydrogen (secondary N) is 1. The van der Waals surface area contributed by atoms with Crippen molar-refractivity contribution in [3.05, 3.63) is 44.5 Å². The van der Waals surface area contributed by atoms with Crippen LogP contribution in [0.3, 0.4) is 0 Å². The van der Waals surface area contributed by atoms with Crippen molar-refractivity contribution < 1.29 is 14.5 Å². The van der Waals surface area contributed by atoms with Gasteiger partial charge in [-0.3, -0.25) is 20.2 Å². The Balaban J connectivity index is 2.35. The Kier molecular flexibility index (Phi) is 5.75. The van der Waals surface area contributed by atoms with E-state index in [0.29, 0.717) is 6.42 Å². The third-order valence-corrected chi connectivity index (χ3v) is 4.07. The van der Waals surface area contributed by atoms with E-state index in [1.807, 2.05) is 6.92 Å². The van der Waals surface area contributed by atoms with Gasteiger partial charge in [0.15, 0.2) is 5.75 Å². The normalized spacial score (nSPS) is 10.8. The zero-order chi connectivity index (χ0) is 18.4. The topological polar surface area (TPSA) is 131 Å². The second kappa shape index (κ2) is 7.98. The van der Waals surface area contributed by atoms with Gasteiger partial charge in [0.2, 0.25) is 5.13 Å². The monoisotopic (exact) mass is 359 g/mol. The maximum atomic E-state index is 12.2. The highest BCUT2D eigenvalue weighted by Crippen LogP contribution is 2.32. The number of amides is 1. The van der Waals surface area contributed by atoms with Crippen LogP contribution in [0.1, 0.15) is 17.5 Å². The van der Waals surface area contributed by atoms with Gasteiger partial charge < -0.3 is 4.74 Å². The van der Waals surface area contributed by atoms with Crippen LogP contribution in [0.15, 0.2) is 23.8 Å². The van der Waals surface area contributed by atoms with Crippen molar-refractivity contribution in [2.24, 2.45) is 0 Å². The van der Waals surface area contributed by atoms with Crippen molar-refractivity contribution in [3.8, 4) is 11.8 Å². The summed E-state index contributed by atoms with van der Waals surface area (Å²) >= 11 is 1.19. The van der Waals surface area contributed by atoms with E-state index >= 15 is 0 Å². The number of aromatic nitrogens is 2. The van der Waals surface area contributed by atoms with E-state index in [4.69, 9.17) is 4.74 Å². The predicted octanol–water partition coefficient (Wildman–Crippen LogP) is 2.56. The third kappa shape index (κ3) is 4.15. The number of ether oxygens (including phenoxy) is 1. The van der Waals surface area contributed by atoms with Gasteiger partial charge in [0.05, 0.1) is 17.6 Å². The summed E-state index contributed by atoms with van der Waals surface area (Å²) in [6.07, 6.45) is 1.81. The van der Waals surface area contributed by atoms with Crippen molar-refractivity contribution in [2.45, 2.75) is 13.3 Å². The SMILES string of the molecule is CCc1nnc(NC(=O)/C(C#N)=C/c2cccc(OC)c2[N+](=O)[O-])s1. The van der Waals surface area contributed by atoms with Gasteiger partial charge in [0.25, 0.3) is 5.91 Å². The van der Waals surface area contributed by atoms with Gasteiger partial charge in [-0.2, -0.15) is 5.26 Å². The smallest absolute Gasteiger partial charge is 0.318 e. The number of benzene rings is 1. The molecule has 1 aromatic heterocycles. The first-order chi connectivity index (χ1) is 12.0. The lowest BCUT2D eigenvalue weighted by Crippen LogP contribution is -2.13. The van der Waals surface area contributed by atoms with Crippen LogP contribution >= 0.6 is 11.3 Å². The molecule has 1 amide bonds. The number of nitrogens with zero attached hydrogens (tertiary/aromatic N) is 4. The summed E-state index contributed by atoms with van der Waals surface area (Å²) in [6.45, 7) is 1.90. The first-order valence-electron chi connectivity index (χ1n) is 7.07. The van der Waals surface area contributed by atoms with Crippen LogP contribution in [0.5, 0.6) is 5.75 Å². The van der Waals surface area contributed by atoms with Crippen molar-refractivity contribution in [1.29, 1.82) is 5.26 Å². The van der Waals surface area contributed by atoms with Gasteiger partial charge in [-0.25, -0.2) is 0 Å². The molecule has 1 aromatic carbocycles. The number of para-hydroxylation sites is 1. The number of nitro benzene ring substituents is 1. The summed E-state index contributed by atoms with van der Waals surface area (Å²) in [5, 5.41) is 31.6. The number of aryl methyl sites for hydroxylation is 1. The van der Waals surface area contributed by atoms with Gasteiger partial charge in [0, 0.05) is 0 Å². The molecule has 0 radical (unpaired) electrons. The fourth-order valence-corrected chi connectivity index (χ4v) is 2.61. The summed E-state index contributed by atoms with van der Waals surface area (Å²) < 4.78 is 4.96. The van der Waals surface area contributed by atoms with Crippen LogP contribution in [0.25, 0.3) is 6.08 Å². The molecule has 0 spiro atoms. The van der Waals surface area contributed by atoms with E-state index in [2.05, 4.69) is 15.5 Å². The Morgan fingerprint density at radius 2 is 2.28 bits per heavy atom. The van der Waals surface area contributed by atoms with Gasteiger partial charge in [-0.1, -0.05) is 24.3 Å². The average Bonchev–Trinajstić information content (AvgIpc) is 3.06. The summed E-state index contributed by atoms with van der Waals surface area (Å²) in [5.41, 5.74) is -0.540. The Morgan fingerprint density at radius 1 is 1.52 bits per heavy atom. The second-order valence-electron chi connectivity index (χ2n) is 4.63. The Bertz CT molecular complexity index is 884. The molecular weight excluding hydrogens is 346 g/mol. The van der Waals surface area contributed by atoms with Gasteiger partial charge in [0.1, 0.15) is 16.6 Å². The minimum Gasteiger partial charge on any atom is -0.490 e. The molecule has 0 aliphatic rings. The lowest BCUT2D eigenvalue weighted by molar-refractivity contribution is -0.386. The maximum Gasteiger partial charge on any atom is 0.318 e. The molecular formula is C15H13N5O4S. The number of hydrogen-bond donors (Lipinski definition) is 1. The minimum atomic E-state index is -0.724. The molecule has 0 saturated heterocycles. The number of hydrogen-bond acceptors (Lipinski definition) is 8. The van der Waals surface area contributed by atoms with Gasteiger partial charge >= 0.3 is 5.69 Å². The van der Waals surface area contributed by atoms with Crippen LogP contribution in [0.2, 0.25) is 0 Å². The molecule has 0 unspecified atom stereocenters. The number of carbonyl (C=O) groups excluding carboxylic acids is 1. The number of methoxy groups -OCH3 is 1. The first-order valence-corrected chi connectivity index (χ1v) is 7.88. The van der Waals surface area contributed by atoms with Crippen LogP contribution in [0.4, 0.5) is 10.8 Å². The number of rotatable bonds is 6. The average molecular weight is 359 g/mol. The number of carbonyl (C=O) groups is 1. The van der Waals surface area contributed by atoms with E-state index in [0.717, 1.165) is 11.1 Å². The highest BCUT2D eigenvalue weighted by Gasteiger charge is 2.21. The lowest BCUT2D eigenvalue weighted by Gasteiger charge is -2.04. The molecule has 25 heavy (non-hydrogen) atoms. The van der Waals surface area contributed by atoms with Crippen LogP contribution in [-0.4, -0.2) is 28.1 Å². The van der Waals surface area contributed by atoms with E-state index in [1.54, 1.807) is 6.07 Å². The van der Waals surface area contributed by atoms with Crippen LogP contribution in [0, 0.1) is 21.4 Å². The van der Waals surface area contributed by atoms with Crippen LogP contribution in [-0.2, 0) is 11.2 Å². The van der Waals surface area contributed by atoms with Crippen molar-refractivity contribution >= 4 is 34.1 Å². The molecule has 2 rings (SSSR count). The van der Waals surface area contributed by atoms with Crippen molar-refractivity contribution in [2.75, 3.05) is 12.4 Å². The lowest BCUT2D eigenvalue weighted by atomic mass is 10.1.